The fourth-order valence-corrected chi connectivity index (χ4v) is 5.88. The van der Waals surface area contributed by atoms with Gasteiger partial charge in [-0.05, 0) is 73.2 Å². The van der Waals surface area contributed by atoms with Crippen LogP contribution in [-0.2, 0) is 22.7 Å². The van der Waals surface area contributed by atoms with E-state index in [9.17, 15) is 9.59 Å². The predicted molar refractivity (Wildman–Crippen MR) is 180 cm³/mol. The molecular formula is C38H30N2O10. The van der Waals surface area contributed by atoms with Crippen molar-refractivity contribution in [3.8, 4) is 34.5 Å². The molecule has 0 saturated carbocycles. The molecule has 2 aliphatic heterocycles. The summed E-state index contributed by atoms with van der Waals surface area (Å²) in [6.07, 6.45) is 0. The molecule has 252 valence electrons. The summed E-state index contributed by atoms with van der Waals surface area (Å²) in [5, 5.41) is 3.26. The van der Waals surface area contributed by atoms with E-state index in [2.05, 4.69) is 0 Å². The largest absolute Gasteiger partial charge is 0.487 e. The number of esters is 2. The third-order valence-electron chi connectivity index (χ3n) is 8.30. The van der Waals surface area contributed by atoms with E-state index in [-0.39, 0.29) is 40.0 Å². The second kappa shape index (κ2) is 13.0. The summed E-state index contributed by atoms with van der Waals surface area (Å²) in [7, 11) is 0. The number of carbonyl (C=O) groups excluding carboxylic acids is 2. The third-order valence-corrected chi connectivity index (χ3v) is 8.30. The van der Waals surface area contributed by atoms with Gasteiger partial charge in [0.1, 0.15) is 24.7 Å². The van der Waals surface area contributed by atoms with Crippen LogP contribution < -0.4 is 28.4 Å². The van der Waals surface area contributed by atoms with Crippen molar-refractivity contribution in [2.75, 3.05) is 26.8 Å². The van der Waals surface area contributed by atoms with Crippen molar-refractivity contribution in [3.05, 3.63) is 95.3 Å². The maximum atomic E-state index is 12.9. The van der Waals surface area contributed by atoms with E-state index >= 15 is 0 Å². The molecule has 0 N–H and O–H groups in total. The second-order valence-electron chi connectivity index (χ2n) is 11.5. The smallest absolute Gasteiger partial charge is 0.340 e. The topological polar surface area (TPSA) is 134 Å². The maximum Gasteiger partial charge on any atom is 0.340 e. The van der Waals surface area contributed by atoms with E-state index in [1.165, 1.54) is 0 Å². The lowest BCUT2D eigenvalue weighted by Crippen LogP contribution is -2.12. The molecule has 0 aliphatic carbocycles. The first-order chi connectivity index (χ1) is 24.4. The second-order valence-corrected chi connectivity index (χ2v) is 11.5. The van der Waals surface area contributed by atoms with Gasteiger partial charge in [0.25, 0.3) is 0 Å². The molecule has 0 spiro atoms. The molecule has 12 heteroatoms. The molecule has 4 heterocycles. The summed E-state index contributed by atoms with van der Waals surface area (Å²) in [5.74, 6) is 2.53. The molecule has 50 heavy (non-hydrogen) atoms. The van der Waals surface area contributed by atoms with Crippen LogP contribution in [0.1, 0.15) is 46.0 Å². The van der Waals surface area contributed by atoms with E-state index in [0.717, 1.165) is 21.5 Å². The summed E-state index contributed by atoms with van der Waals surface area (Å²) in [6.45, 7) is 4.24. The Balaban J connectivity index is 1.04. The molecule has 6 aromatic rings. The Labute approximate surface area is 285 Å². The normalized spacial score (nSPS) is 12.8. The molecule has 0 atom stereocenters. The van der Waals surface area contributed by atoms with Crippen LogP contribution in [0.2, 0.25) is 0 Å². The van der Waals surface area contributed by atoms with Gasteiger partial charge in [0.15, 0.2) is 23.0 Å². The molecule has 0 fully saturated rings. The lowest BCUT2D eigenvalue weighted by molar-refractivity contribution is 0.0513. The molecule has 0 amide bonds. The number of aromatic nitrogens is 2. The Morgan fingerprint density at radius 2 is 1.00 bits per heavy atom. The van der Waals surface area contributed by atoms with Gasteiger partial charge in [-0.2, -0.15) is 0 Å². The van der Waals surface area contributed by atoms with Gasteiger partial charge in [-0.1, -0.05) is 12.1 Å². The van der Waals surface area contributed by atoms with E-state index in [1.807, 2.05) is 36.4 Å². The highest BCUT2D eigenvalue weighted by atomic mass is 16.7. The van der Waals surface area contributed by atoms with Crippen LogP contribution in [0.5, 0.6) is 34.5 Å². The number of hydrogen-bond acceptors (Lipinski definition) is 12. The highest BCUT2D eigenvalue weighted by Gasteiger charge is 2.22. The van der Waals surface area contributed by atoms with Gasteiger partial charge in [0.05, 0.1) is 46.8 Å². The van der Waals surface area contributed by atoms with Crippen molar-refractivity contribution < 1.29 is 47.5 Å². The fraction of sp³-hybridized carbons (Fsp3) is 0.211. The molecule has 8 rings (SSSR count). The van der Waals surface area contributed by atoms with Crippen molar-refractivity contribution in [1.82, 2.24) is 9.97 Å². The van der Waals surface area contributed by atoms with Crippen molar-refractivity contribution in [3.63, 3.8) is 0 Å². The standard InChI is InChI=1S/C38H30N2O10/c1-3-43-37(41)27-11-23-13-33-35(49-19-47-33)15-29(23)39-31(27)17-45-25-7-5-21-6-8-26(10-22(21)9-25)46-18-32-28(38(42)44-4-2)12-24-14-34-36(50-20-48-34)16-30(24)40-32/h5-16H,3-4,17-20H2,1-2H3. The first-order valence-electron chi connectivity index (χ1n) is 16.1. The molecule has 2 aromatic heterocycles. The summed E-state index contributed by atoms with van der Waals surface area (Å²) >= 11 is 0. The van der Waals surface area contributed by atoms with Crippen molar-refractivity contribution in [2.24, 2.45) is 0 Å². The number of pyridine rings is 2. The zero-order valence-electron chi connectivity index (χ0n) is 27.1. The lowest BCUT2D eigenvalue weighted by atomic mass is 10.1. The Morgan fingerprint density at radius 3 is 1.44 bits per heavy atom. The minimum atomic E-state index is -0.489. The molecule has 4 aromatic carbocycles. The number of rotatable bonds is 10. The number of hydrogen-bond donors (Lipinski definition) is 0. The molecular weight excluding hydrogens is 644 g/mol. The average Bonchev–Trinajstić information content (AvgIpc) is 3.79. The first kappa shape index (κ1) is 31.0. The Kier molecular flexibility index (Phi) is 8.03. The van der Waals surface area contributed by atoms with Gasteiger partial charge in [0.2, 0.25) is 13.6 Å². The first-order valence-corrected chi connectivity index (χ1v) is 16.1. The number of benzene rings is 4. The van der Waals surface area contributed by atoms with E-state index in [4.69, 9.17) is 47.9 Å². The molecule has 0 radical (unpaired) electrons. The van der Waals surface area contributed by atoms with Crippen molar-refractivity contribution >= 4 is 44.5 Å². The quantitative estimate of drug-likeness (QED) is 0.140. The number of ether oxygens (including phenoxy) is 8. The summed E-state index contributed by atoms with van der Waals surface area (Å²) in [5.41, 5.74) is 2.75. The van der Waals surface area contributed by atoms with Crippen LogP contribution in [0.15, 0.2) is 72.8 Å². The Hall–Kier alpha value is -6.30. The SMILES string of the molecule is CCOC(=O)c1cc2cc3c(cc2nc1COc1ccc2ccc(OCc4nc5cc6c(cc5cc4C(=O)OCC)OCO6)cc2c1)OCO3. The molecule has 0 unspecified atom stereocenters. The van der Waals surface area contributed by atoms with Gasteiger partial charge in [-0.25, -0.2) is 19.6 Å². The fourth-order valence-electron chi connectivity index (χ4n) is 5.88. The summed E-state index contributed by atoms with van der Waals surface area (Å²) < 4.78 is 45.0. The van der Waals surface area contributed by atoms with E-state index in [1.54, 1.807) is 50.2 Å². The summed E-state index contributed by atoms with van der Waals surface area (Å²) in [4.78, 5) is 35.3. The van der Waals surface area contributed by atoms with Crippen LogP contribution in [0, 0.1) is 0 Å². The van der Waals surface area contributed by atoms with Gasteiger partial charge in [-0.15, -0.1) is 0 Å². The lowest BCUT2D eigenvalue weighted by Gasteiger charge is -2.13. The highest BCUT2D eigenvalue weighted by Crippen LogP contribution is 2.38. The Bertz CT molecular complexity index is 2160. The maximum absolute atomic E-state index is 12.9. The van der Waals surface area contributed by atoms with Crippen LogP contribution >= 0.6 is 0 Å². The van der Waals surface area contributed by atoms with Crippen LogP contribution in [-0.4, -0.2) is 48.7 Å². The van der Waals surface area contributed by atoms with Gasteiger partial charge in [0, 0.05) is 22.9 Å². The van der Waals surface area contributed by atoms with Gasteiger partial charge in [-0.3, -0.25) is 0 Å². The van der Waals surface area contributed by atoms with Crippen molar-refractivity contribution in [2.45, 2.75) is 27.1 Å². The average molecular weight is 675 g/mol. The Morgan fingerprint density at radius 1 is 0.560 bits per heavy atom. The van der Waals surface area contributed by atoms with Crippen LogP contribution in [0.25, 0.3) is 32.6 Å². The highest BCUT2D eigenvalue weighted by molar-refractivity contribution is 5.97. The zero-order chi connectivity index (χ0) is 34.2. The monoisotopic (exact) mass is 674 g/mol. The van der Waals surface area contributed by atoms with Gasteiger partial charge < -0.3 is 37.9 Å². The molecule has 12 nitrogen and oxygen atoms in total. The predicted octanol–water partition coefficient (Wildman–Crippen LogP) is 6.91. The zero-order valence-corrected chi connectivity index (χ0v) is 27.1. The minimum Gasteiger partial charge on any atom is -0.487 e. The number of fused-ring (bicyclic) bond motifs is 5. The molecule has 0 bridgehead atoms. The van der Waals surface area contributed by atoms with Crippen molar-refractivity contribution in [1.29, 1.82) is 0 Å². The van der Waals surface area contributed by atoms with Crippen LogP contribution in [0.3, 0.4) is 0 Å². The number of carbonyl (C=O) groups is 2. The number of nitrogens with zero attached hydrogens (tertiary/aromatic N) is 2. The molecule has 0 saturated heterocycles. The van der Waals surface area contributed by atoms with Gasteiger partial charge >= 0.3 is 11.9 Å². The molecule has 2 aliphatic rings. The van der Waals surface area contributed by atoms with E-state index < -0.39 is 11.9 Å². The van der Waals surface area contributed by atoms with E-state index in [0.29, 0.717) is 68.0 Å². The summed E-state index contributed by atoms with van der Waals surface area (Å²) in [6, 6.07) is 22.0. The van der Waals surface area contributed by atoms with Crippen LogP contribution in [0.4, 0.5) is 0 Å². The third kappa shape index (κ3) is 5.96. The minimum absolute atomic E-state index is 0.0187.